The number of hydrogen-bond donors (Lipinski definition) is 0. The first-order valence-electron chi connectivity index (χ1n) is 12.8. The van der Waals surface area contributed by atoms with E-state index in [2.05, 4.69) is 109 Å². The Morgan fingerprint density at radius 2 is 1.31 bits per heavy atom. The first-order chi connectivity index (χ1) is 19.2. The summed E-state index contributed by atoms with van der Waals surface area (Å²) in [6.45, 7) is 8.08. The van der Waals surface area contributed by atoms with Crippen LogP contribution in [0.3, 0.4) is 0 Å². The second kappa shape index (κ2) is 11.6. The summed E-state index contributed by atoms with van der Waals surface area (Å²) in [5, 5.41) is 2.08. The molecule has 0 aliphatic rings. The quantitative estimate of drug-likeness (QED) is 0.185. The first kappa shape index (κ1) is 25.6. The summed E-state index contributed by atoms with van der Waals surface area (Å²) in [5.74, 6) is 1.58. The summed E-state index contributed by atoms with van der Waals surface area (Å²) in [4.78, 5) is 2.23. The fraction of sp³-hybridized carbons (Fsp3) is 0.0556. The lowest BCUT2D eigenvalue weighted by atomic mass is 9.92. The van der Waals surface area contributed by atoms with Crippen LogP contribution in [0.25, 0.3) is 27.5 Å². The molecule has 0 fully saturated rings. The van der Waals surface area contributed by atoms with Crippen LogP contribution >= 0.6 is 0 Å². The predicted octanol–water partition coefficient (Wildman–Crippen LogP) is 9.75. The Labute approximate surface area is 230 Å². The van der Waals surface area contributed by atoms with Gasteiger partial charge >= 0.3 is 0 Å². The van der Waals surface area contributed by atoms with Gasteiger partial charge in [-0.05, 0) is 70.6 Å². The smallest absolute Gasteiger partial charge is 0.128 e. The number of para-hydroxylation sites is 2. The molecule has 0 saturated heterocycles. The van der Waals surface area contributed by atoms with E-state index in [1.807, 2.05) is 30.4 Å². The van der Waals surface area contributed by atoms with Crippen molar-refractivity contribution >= 4 is 33.4 Å². The van der Waals surface area contributed by atoms with Gasteiger partial charge in [-0.25, -0.2) is 0 Å². The van der Waals surface area contributed by atoms with Gasteiger partial charge in [0.1, 0.15) is 11.5 Å². The largest absolute Gasteiger partial charge is 0.496 e. The second-order valence-corrected chi connectivity index (χ2v) is 9.05. The molecular formula is C36H31NO2. The van der Waals surface area contributed by atoms with Crippen molar-refractivity contribution < 1.29 is 9.47 Å². The topological polar surface area (TPSA) is 21.7 Å². The van der Waals surface area contributed by atoms with Crippen LogP contribution in [0.5, 0.6) is 11.5 Å². The van der Waals surface area contributed by atoms with Crippen LogP contribution in [0.15, 0.2) is 141 Å². The van der Waals surface area contributed by atoms with Crippen LogP contribution in [-0.4, -0.2) is 14.2 Å². The maximum Gasteiger partial charge on any atom is 0.128 e. The number of fused-ring (bicyclic) bond motifs is 1. The molecule has 5 aromatic rings. The molecule has 3 heteroatoms. The third-order valence-corrected chi connectivity index (χ3v) is 6.76. The molecule has 39 heavy (non-hydrogen) atoms. The number of allylic oxidation sites excluding steroid dienone is 4. The molecule has 5 aromatic carbocycles. The normalized spacial score (nSPS) is 10.9. The minimum Gasteiger partial charge on any atom is -0.496 e. The fourth-order valence-electron chi connectivity index (χ4n) is 4.96. The molecule has 0 bridgehead atoms. The van der Waals surface area contributed by atoms with Crippen molar-refractivity contribution in [3.05, 3.63) is 146 Å². The van der Waals surface area contributed by atoms with Gasteiger partial charge in [0.2, 0.25) is 0 Å². The molecule has 0 heterocycles. The number of hydrogen-bond acceptors (Lipinski definition) is 3. The summed E-state index contributed by atoms with van der Waals surface area (Å²) in [6, 6.07) is 37.4. The Hall–Kier alpha value is -5.02. The molecule has 0 radical (unpaired) electrons. The number of anilines is 3. The van der Waals surface area contributed by atoms with Gasteiger partial charge < -0.3 is 14.4 Å². The van der Waals surface area contributed by atoms with Crippen molar-refractivity contribution in [2.45, 2.75) is 0 Å². The number of rotatable bonds is 9. The number of benzene rings is 5. The standard InChI is InChI=1S/C36H31NO2/c1-5-6-14-26(2)30-19-13-20-33-31(23-24-34(38-3)36(30)33)32-22-21-29(25-35(32)39-4)37(27-15-9-7-10-16-27)28-17-11-8-12-18-28/h5-25H,1-2H2,3-4H3. The van der Waals surface area contributed by atoms with Crippen molar-refractivity contribution in [2.75, 3.05) is 19.1 Å². The average molecular weight is 510 g/mol. The zero-order valence-electron chi connectivity index (χ0n) is 22.3. The molecule has 0 unspecified atom stereocenters. The average Bonchev–Trinajstić information content (AvgIpc) is 3.00. The zero-order chi connectivity index (χ0) is 27.2. The van der Waals surface area contributed by atoms with Gasteiger partial charge in [0.05, 0.1) is 14.2 Å². The van der Waals surface area contributed by atoms with Crippen molar-refractivity contribution in [1.29, 1.82) is 0 Å². The van der Waals surface area contributed by atoms with E-state index in [-0.39, 0.29) is 0 Å². The van der Waals surface area contributed by atoms with Crippen molar-refractivity contribution in [2.24, 2.45) is 0 Å². The monoisotopic (exact) mass is 509 g/mol. The van der Waals surface area contributed by atoms with Gasteiger partial charge in [0.25, 0.3) is 0 Å². The maximum atomic E-state index is 6.00. The van der Waals surface area contributed by atoms with Crippen LogP contribution in [0, 0.1) is 0 Å². The van der Waals surface area contributed by atoms with E-state index in [0.717, 1.165) is 61.6 Å². The van der Waals surface area contributed by atoms with Crippen LogP contribution in [-0.2, 0) is 0 Å². The maximum absolute atomic E-state index is 6.00. The molecule has 0 atom stereocenters. The molecule has 0 spiro atoms. The molecule has 0 saturated carbocycles. The molecule has 5 rings (SSSR count). The van der Waals surface area contributed by atoms with Gasteiger partial charge in [-0.2, -0.15) is 0 Å². The van der Waals surface area contributed by atoms with Gasteiger partial charge in [-0.15, -0.1) is 0 Å². The third-order valence-electron chi connectivity index (χ3n) is 6.76. The summed E-state index contributed by atoms with van der Waals surface area (Å²) >= 11 is 0. The van der Waals surface area contributed by atoms with E-state index in [1.165, 1.54) is 0 Å². The summed E-state index contributed by atoms with van der Waals surface area (Å²) in [7, 11) is 3.42. The van der Waals surface area contributed by atoms with E-state index in [9.17, 15) is 0 Å². The van der Waals surface area contributed by atoms with Gasteiger partial charge in [0.15, 0.2) is 0 Å². The Kier molecular flexibility index (Phi) is 7.60. The Morgan fingerprint density at radius 3 is 1.92 bits per heavy atom. The zero-order valence-corrected chi connectivity index (χ0v) is 22.3. The summed E-state index contributed by atoms with van der Waals surface area (Å²) in [5.41, 5.74) is 7.11. The van der Waals surface area contributed by atoms with Crippen LogP contribution in [0.1, 0.15) is 5.56 Å². The summed E-state index contributed by atoms with van der Waals surface area (Å²) in [6.07, 6.45) is 5.61. The Bertz CT molecular complexity index is 1610. The van der Waals surface area contributed by atoms with E-state index in [1.54, 1.807) is 20.3 Å². The Morgan fingerprint density at radius 1 is 0.667 bits per heavy atom. The van der Waals surface area contributed by atoms with Crippen LogP contribution < -0.4 is 14.4 Å². The van der Waals surface area contributed by atoms with Crippen molar-refractivity contribution in [3.63, 3.8) is 0 Å². The minimum atomic E-state index is 0.784. The number of nitrogens with zero attached hydrogens (tertiary/aromatic N) is 1. The first-order valence-corrected chi connectivity index (χ1v) is 12.8. The lowest BCUT2D eigenvalue weighted by Gasteiger charge is -2.26. The molecule has 0 aliphatic carbocycles. The minimum absolute atomic E-state index is 0.784. The van der Waals surface area contributed by atoms with E-state index >= 15 is 0 Å². The Balaban J connectivity index is 1.68. The lowest BCUT2D eigenvalue weighted by Crippen LogP contribution is -2.10. The molecular weight excluding hydrogens is 478 g/mol. The fourth-order valence-corrected chi connectivity index (χ4v) is 4.96. The van der Waals surface area contributed by atoms with E-state index < -0.39 is 0 Å². The highest BCUT2D eigenvalue weighted by Crippen LogP contribution is 2.44. The molecule has 0 N–H and O–H groups in total. The van der Waals surface area contributed by atoms with E-state index in [0.29, 0.717) is 0 Å². The van der Waals surface area contributed by atoms with Crippen molar-refractivity contribution in [1.82, 2.24) is 0 Å². The molecule has 0 aromatic heterocycles. The second-order valence-electron chi connectivity index (χ2n) is 9.05. The molecule has 192 valence electrons. The van der Waals surface area contributed by atoms with Gasteiger partial charge in [-0.1, -0.05) is 86.0 Å². The number of methoxy groups -OCH3 is 2. The highest BCUT2D eigenvalue weighted by atomic mass is 16.5. The highest BCUT2D eigenvalue weighted by Gasteiger charge is 2.18. The highest BCUT2D eigenvalue weighted by molar-refractivity contribution is 6.07. The summed E-state index contributed by atoms with van der Waals surface area (Å²) < 4.78 is 11.8. The van der Waals surface area contributed by atoms with Crippen LogP contribution in [0.2, 0.25) is 0 Å². The SMILES string of the molecule is C=CC=CC(=C)c1cccc2c(-c3ccc(N(c4ccccc4)c4ccccc4)cc3OC)ccc(OC)c12. The predicted molar refractivity (Wildman–Crippen MR) is 166 cm³/mol. The van der Waals surface area contributed by atoms with Gasteiger partial charge in [0, 0.05) is 34.1 Å². The van der Waals surface area contributed by atoms with Crippen molar-refractivity contribution in [3.8, 4) is 22.6 Å². The third kappa shape index (κ3) is 5.07. The molecule has 0 aliphatic heterocycles. The van der Waals surface area contributed by atoms with E-state index in [4.69, 9.17) is 9.47 Å². The van der Waals surface area contributed by atoms with Gasteiger partial charge in [-0.3, -0.25) is 0 Å². The lowest BCUT2D eigenvalue weighted by molar-refractivity contribution is 0.416. The van der Waals surface area contributed by atoms with Crippen LogP contribution in [0.4, 0.5) is 17.1 Å². The number of ether oxygens (including phenoxy) is 2. The molecule has 3 nitrogen and oxygen atoms in total. The molecule has 0 amide bonds.